The lowest BCUT2D eigenvalue weighted by molar-refractivity contribution is -0.156. The molecule has 0 bridgehead atoms. The standard InChI is InChI=1S/C26H34N2O5S/c1-16(2)14-21(25(32)27-19-11-9-18(10-12-19)17(3)29)28-24(31)20(22-8-7-13-34-22)15-23(30)33-26(4,5)6/h7-13,16,20-21H,14-15H2,1-6H3,(H,27,32)(H,28,31). The van der Waals surface area contributed by atoms with Crippen molar-refractivity contribution in [2.75, 3.05) is 5.32 Å². The van der Waals surface area contributed by atoms with Crippen LogP contribution >= 0.6 is 11.3 Å². The first-order valence-corrected chi connectivity index (χ1v) is 12.2. The normalized spacial score (nSPS) is 13.1. The third kappa shape index (κ3) is 8.74. The summed E-state index contributed by atoms with van der Waals surface area (Å²) in [7, 11) is 0. The lowest BCUT2D eigenvalue weighted by Crippen LogP contribution is -2.46. The quantitative estimate of drug-likeness (QED) is 0.366. The number of Topliss-reactive ketones (excluding diaryl/α,β-unsaturated/α-hetero) is 1. The molecule has 1 heterocycles. The Morgan fingerprint density at radius 3 is 2.15 bits per heavy atom. The number of hydrogen-bond donors (Lipinski definition) is 2. The topological polar surface area (TPSA) is 102 Å². The molecule has 34 heavy (non-hydrogen) atoms. The largest absolute Gasteiger partial charge is 0.460 e. The summed E-state index contributed by atoms with van der Waals surface area (Å²) >= 11 is 1.38. The molecule has 0 aliphatic rings. The van der Waals surface area contributed by atoms with Crippen LogP contribution in [0.25, 0.3) is 0 Å². The zero-order chi connectivity index (χ0) is 25.5. The highest BCUT2D eigenvalue weighted by molar-refractivity contribution is 7.10. The van der Waals surface area contributed by atoms with Crippen LogP contribution in [0.2, 0.25) is 0 Å². The first-order chi connectivity index (χ1) is 15.9. The van der Waals surface area contributed by atoms with Crippen LogP contribution in [0.15, 0.2) is 41.8 Å². The molecular weight excluding hydrogens is 452 g/mol. The van der Waals surface area contributed by atoms with E-state index in [4.69, 9.17) is 4.74 Å². The summed E-state index contributed by atoms with van der Waals surface area (Å²) in [6, 6.07) is 9.41. The van der Waals surface area contributed by atoms with E-state index in [9.17, 15) is 19.2 Å². The van der Waals surface area contributed by atoms with Crippen LogP contribution in [-0.2, 0) is 19.1 Å². The summed E-state index contributed by atoms with van der Waals surface area (Å²) in [5.74, 6) is -1.92. The summed E-state index contributed by atoms with van der Waals surface area (Å²) in [6.45, 7) is 10.7. The maximum atomic E-state index is 13.3. The number of rotatable bonds is 10. The van der Waals surface area contributed by atoms with Crippen molar-refractivity contribution in [2.24, 2.45) is 5.92 Å². The summed E-state index contributed by atoms with van der Waals surface area (Å²) < 4.78 is 5.42. The Balaban J connectivity index is 2.17. The number of carbonyl (C=O) groups excluding carboxylic acids is 4. The molecule has 0 radical (unpaired) electrons. The summed E-state index contributed by atoms with van der Waals surface area (Å²) in [4.78, 5) is 51.0. The molecule has 0 aliphatic heterocycles. The van der Waals surface area contributed by atoms with E-state index in [0.29, 0.717) is 17.7 Å². The van der Waals surface area contributed by atoms with E-state index in [1.807, 2.05) is 25.3 Å². The Bertz CT molecular complexity index is 991. The van der Waals surface area contributed by atoms with Crippen molar-refractivity contribution < 1.29 is 23.9 Å². The highest BCUT2D eigenvalue weighted by Gasteiger charge is 2.31. The molecule has 2 aromatic rings. The van der Waals surface area contributed by atoms with Crippen LogP contribution in [0.4, 0.5) is 5.69 Å². The molecule has 1 aromatic carbocycles. The minimum absolute atomic E-state index is 0.0626. The van der Waals surface area contributed by atoms with Crippen LogP contribution in [0, 0.1) is 5.92 Å². The minimum atomic E-state index is -0.791. The molecule has 2 atom stereocenters. The fraction of sp³-hybridized carbons (Fsp3) is 0.462. The van der Waals surface area contributed by atoms with E-state index in [1.165, 1.54) is 18.3 Å². The number of thiophene rings is 1. The van der Waals surface area contributed by atoms with Gasteiger partial charge >= 0.3 is 5.97 Å². The maximum absolute atomic E-state index is 13.3. The first kappa shape index (κ1) is 27.2. The Kier molecular flexibility index (Phi) is 9.55. The van der Waals surface area contributed by atoms with Crippen molar-refractivity contribution >= 4 is 40.6 Å². The fourth-order valence-corrected chi connectivity index (χ4v) is 4.18. The number of esters is 1. The highest BCUT2D eigenvalue weighted by atomic mass is 32.1. The zero-order valence-corrected chi connectivity index (χ0v) is 21.5. The number of carbonyl (C=O) groups is 4. The van der Waals surface area contributed by atoms with Gasteiger partial charge in [-0.1, -0.05) is 19.9 Å². The highest BCUT2D eigenvalue weighted by Crippen LogP contribution is 2.27. The number of ketones is 1. The Labute approximate surface area is 205 Å². The number of nitrogens with one attached hydrogen (secondary N) is 2. The molecule has 2 unspecified atom stereocenters. The average molecular weight is 487 g/mol. The van der Waals surface area contributed by atoms with Gasteiger partial charge in [-0.2, -0.15) is 0 Å². The maximum Gasteiger partial charge on any atom is 0.307 e. The van der Waals surface area contributed by atoms with Gasteiger partial charge in [0.05, 0.1) is 12.3 Å². The molecule has 0 aliphatic carbocycles. The number of hydrogen-bond acceptors (Lipinski definition) is 6. The van der Waals surface area contributed by atoms with Crippen molar-refractivity contribution in [3.8, 4) is 0 Å². The van der Waals surface area contributed by atoms with Gasteiger partial charge in [0.25, 0.3) is 0 Å². The predicted molar refractivity (Wildman–Crippen MR) is 134 cm³/mol. The van der Waals surface area contributed by atoms with E-state index < -0.39 is 29.4 Å². The zero-order valence-electron chi connectivity index (χ0n) is 20.6. The number of amides is 2. The fourth-order valence-electron chi connectivity index (χ4n) is 3.35. The Morgan fingerprint density at radius 2 is 1.65 bits per heavy atom. The van der Waals surface area contributed by atoms with Crippen molar-refractivity contribution in [2.45, 2.75) is 71.9 Å². The van der Waals surface area contributed by atoms with Crippen LogP contribution in [-0.4, -0.2) is 35.2 Å². The van der Waals surface area contributed by atoms with Crippen LogP contribution in [0.1, 0.15) is 75.5 Å². The molecule has 184 valence electrons. The van der Waals surface area contributed by atoms with E-state index in [2.05, 4.69) is 10.6 Å². The molecule has 0 spiro atoms. The molecule has 0 saturated heterocycles. The number of benzene rings is 1. The first-order valence-electron chi connectivity index (χ1n) is 11.3. The van der Waals surface area contributed by atoms with Gasteiger partial charge in [0, 0.05) is 16.1 Å². The average Bonchev–Trinajstić information content (AvgIpc) is 3.24. The van der Waals surface area contributed by atoms with Gasteiger partial charge in [0.1, 0.15) is 11.6 Å². The van der Waals surface area contributed by atoms with Crippen molar-refractivity contribution in [3.63, 3.8) is 0 Å². The molecule has 2 N–H and O–H groups in total. The van der Waals surface area contributed by atoms with Gasteiger partial charge in [-0.05, 0) is 75.7 Å². The van der Waals surface area contributed by atoms with E-state index in [-0.39, 0.29) is 24.0 Å². The lowest BCUT2D eigenvalue weighted by Gasteiger charge is -2.24. The molecule has 8 heteroatoms. The van der Waals surface area contributed by atoms with Gasteiger partial charge in [-0.3, -0.25) is 19.2 Å². The summed E-state index contributed by atoms with van der Waals surface area (Å²) in [5, 5.41) is 7.50. The second-order valence-corrected chi connectivity index (χ2v) is 10.7. The summed E-state index contributed by atoms with van der Waals surface area (Å²) in [5.41, 5.74) is 0.415. The SMILES string of the molecule is CC(=O)c1ccc(NC(=O)C(CC(C)C)NC(=O)C(CC(=O)OC(C)(C)C)c2cccs2)cc1. The van der Waals surface area contributed by atoms with Gasteiger partial charge in [-0.15, -0.1) is 11.3 Å². The van der Waals surface area contributed by atoms with E-state index in [1.54, 1.807) is 51.1 Å². The third-order valence-corrected chi connectivity index (χ3v) is 5.88. The molecule has 0 fully saturated rings. The van der Waals surface area contributed by atoms with E-state index >= 15 is 0 Å². The van der Waals surface area contributed by atoms with E-state index in [0.717, 1.165) is 4.88 Å². The monoisotopic (exact) mass is 486 g/mol. The molecule has 0 saturated carbocycles. The smallest absolute Gasteiger partial charge is 0.307 e. The Morgan fingerprint density at radius 1 is 1.00 bits per heavy atom. The van der Waals surface area contributed by atoms with Gasteiger partial charge in [-0.25, -0.2) is 0 Å². The molecule has 1 aromatic heterocycles. The van der Waals surface area contributed by atoms with Crippen molar-refractivity contribution in [3.05, 3.63) is 52.2 Å². The van der Waals surface area contributed by atoms with Gasteiger partial charge < -0.3 is 15.4 Å². The van der Waals surface area contributed by atoms with Crippen molar-refractivity contribution in [1.82, 2.24) is 5.32 Å². The van der Waals surface area contributed by atoms with Crippen LogP contribution in [0.5, 0.6) is 0 Å². The second-order valence-electron chi connectivity index (χ2n) is 9.67. The van der Waals surface area contributed by atoms with Gasteiger partial charge in [0.15, 0.2) is 5.78 Å². The Hall–Kier alpha value is -3.00. The summed E-state index contributed by atoms with van der Waals surface area (Å²) in [6.07, 6.45) is 0.304. The lowest BCUT2D eigenvalue weighted by atomic mass is 9.99. The number of ether oxygens (including phenoxy) is 1. The molecule has 2 rings (SSSR count). The molecular formula is C26H34N2O5S. The molecule has 7 nitrogen and oxygen atoms in total. The molecule has 2 amide bonds. The van der Waals surface area contributed by atoms with Crippen molar-refractivity contribution in [1.29, 1.82) is 0 Å². The van der Waals surface area contributed by atoms with Gasteiger partial charge in [0.2, 0.25) is 11.8 Å². The second kappa shape index (κ2) is 11.9. The third-order valence-electron chi connectivity index (χ3n) is 4.89. The van der Waals surface area contributed by atoms with Crippen LogP contribution < -0.4 is 10.6 Å². The minimum Gasteiger partial charge on any atom is -0.460 e. The van der Waals surface area contributed by atoms with Crippen LogP contribution in [0.3, 0.4) is 0 Å². The predicted octanol–water partition coefficient (Wildman–Crippen LogP) is 4.94. The number of anilines is 1.